The standard InChI is InChI=1S/C25H27N7O/c1-26-12-17-9-20(15-27-13-17)29-25(33)24-22-11-18(5-6-23(22)30-31-24)19-10-21(16-28-14-19)32-7-3-2-4-8-32/h5-6,9-11,13-16,26H,2-4,7-8,12H2,1H3,(H,29,33)(H,30,31). The number of carbonyl (C=O) groups excluding carboxylic acids is 1. The molecule has 1 fully saturated rings. The molecule has 8 nitrogen and oxygen atoms in total. The Bertz CT molecular complexity index is 1280. The first-order chi connectivity index (χ1) is 16.2. The lowest BCUT2D eigenvalue weighted by Crippen LogP contribution is -2.29. The van der Waals surface area contributed by atoms with Gasteiger partial charge >= 0.3 is 0 Å². The second-order valence-electron chi connectivity index (χ2n) is 8.38. The maximum atomic E-state index is 13.0. The molecular weight excluding hydrogens is 414 g/mol. The molecule has 0 radical (unpaired) electrons. The Balaban J connectivity index is 1.42. The predicted molar refractivity (Wildman–Crippen MR) is 130 cm³/mol. The van der Waals surface area contributed by atoms with Crippen LogP contribution in [0, 0.1) is 0 Å². The quantitative estimate of drug-likeness (QED) is 0.419. The Morgan fingerprint density at radius 1 is 1.00 bits per heavy atom. The van der Waals surface area contributed by atoms with E-state index >= 15 is 0 Å². The van der Waals surface area contributed by atoms with Crippen LogP contribution in [0.25, 0.3) is 22.0 Å². The normalized spacial score (nSPS) is 13.9. The van der Waals surface area contributed by atoms with Gasteiger partial charge in [-0.3, -0.25) is 19.9 Å². The van der Waals surface area contributed by atoms with E-state index in [9.17, 15) is 4.79 Å². The Morgan fingerprint density at radius 3 is 2.70 bits per heavy atom. The van der Waals surface area contributed by atoms with Crippen molar-refractivity contribution in [3.63, 3.8) is 0 Å². The van der Waals surface area contributed by atoms with Crippen molar-refractivity contribution in [1.29, 1.82) is 0 Å². The molecule has 33 heavy (non-hydrogen) atoms. The monoisotopic (exact) mass is 441 g/mol. The summed E-state index contributed by atoms with van der Waals surface area (Å²) in [5.41, 5.74) is 5.96. The molecule has 3 N–H and O–H groups in total. The van der Waals surface area contributed by atoms with Crippen molar-refractivity contribution < 1.29 is 4.79 Å². The van der Waals surface area contributed by atoms with Crippen molar-refractivity contribution in [2.75, 3.05) is 30.4 Å². The highest BCUT2D eigenvalue weighted by Crippen LogP contribution is 2.29. The average molecular weight is 442 g/mol. The maximum absolute atomic E-state index is 13.0. The minimum Gasteiger partial charge on any atom is -0.370 e. The summed E-state index contributed by atoms with van der Waals surface area (Å²) in [5.74, 6) is -0.276. The highest BCUT2D eigenvalue weighted by atomic mass is 16.1. The number of piperidine rings is 1. The summed E-state index contributed by atoms with van der Waals surface area (Å²) in [6.45, 7) is 2.82. The van der Waals surface area contributed by atoms with E-state index in [0.717, 1.165) is 46.4 Å². The molecule has 0 saturated carbocycles. The molecule has 4 aromatic rings. The number of amides is 1. The number of carbonyl (C=O) groups is 1. The number of anilines is 2. The first-order valence-electron chi connectivity index (χ1n) is 11.3. The molecule has 0 aliphatic carbocycles. The third kappa shape index (κ3) is 4.56. The molecule has 1 amide bonds. The molecule has 4 heterocycles. The van der Waals surface area contributed by atoms with E-state index in [2.05, 4.69) is 41.8 Å². The molecule has 0 spiro atoms. The van der Waals surface area contributed by atoms with Gasteiger partial charge in [0.2, 0.25) is 0 Å². The number of rotatable bonds is 6. The van der Waals surface area contributed by atoms with Gasteiger partial charge in [0.25, 0.3) is 5.91 Å². The minimum atomic E-state index is -0.276. The number of pyridine rings is 2. The highest BCUT2D eigenvalue weighted by molar-refractivity contribution is 6.11. The van der Waals surface area contributed by atoms with E-state index in [1.165, 1.54) is 19.3 Å². The van der Waals surface area contributed by atoms with Gasteiger partial charge in [-0.15, -0.1) is 0 Å². The number of benzene rings is 1. The number of hydrogen-bond donors (Lipinski definition) is 3. The fourth-order valence-corrected chi connectivity index (χ4v) is 4.32. The Labute approximate surface area is 192 Å². The van der Waals surface area contributed by atoms with Crippen LogP contribution in [0.4, 0.5) is 11.4 Å². The van der Waals surface area contributed by atoms with Crippen LogP contribution in [-0.2, 0) is 6.54 Å². The average Bonchev–Trinajstić information content (AvgIpc) is 3.29. The van der Waals surface area contributed by atoms with Crippen molar-refractivity contribution >= 4 is 28.2 Å². The van der Waals surface area contributed by atoms with E-state index in [0.29, 0.717) is 17.9 Å². The van der Waals surface area contributed by atoms with E-state index in [1.54, 1.807) is 12.4 Å². The van der Waals surface area contributed by atoms with E-state index in [4.69, 9.17) is 0 Å². The molecule has 8 heteroatoms. The van der Waals surface area contributed by atoms with Crippen LogP contribution in [0.2, 0.25) is 0 Å². The van der Waals surface area contributed by atoms with Crippen molar-refractivity contribution in [2.24, 2.45) is 0 Å². The van der Waals surface area contributed by atoms with Gasteiger partial charge in [-0.05, 0) is 61.7 Å². The summed E-state index contributed by atoms with van der Waals surface area (Å²) in [7, 11) is 1.87. The Morgan fingerprint density at radius 2 is 1.85 bits per heavy atom. The van der Waals surface area contributed by atoms with Gasteiger partial charge in [0.05, 0.1) is 29.3 Å². The van der Waals surface area contributed by atoms with E-state index in [1.807, 2.05) is 43.7 Å². The fourth-order valence-electron chi connectivity index (χ4n) is 4.32. The van der Waals surface area contributed by atoms with Gasteiger partial charge in [0.1, 0.15) is 0 Å². The Kier molecular flexibility index (Phi) is 5.99. The molecule has 0 unspecified atom stereocenters. The second kappa shape index (κ2) is 9.38. The molecular formula is C25H27N7O. The summed E-state index contributed by atoms with van der Waals surface area (Å²) in [6.07, 6.45) is 10.9. The number of aromatic nitrogens is 4. The lowest BCUT2D eigenvalue weighted by atomic mass is 10.0. The minimum absolute atomic E-state index is 0.276. The maximum Gasteiger partial charge on any atom is 0.276 e. The molecule has 5 rings (SSSR count). The zero-order valence-electron chi connectivity index (χ0n) is 18.6. The topological polar surface area (TPSA) is 98.8 Å². The first-order valence-corrected chi connectivity index (χ1v) is 11.3. The van der Waals surface area contributed by atoms with Crippen LogP contribution in [0.3, 0.4) is 0 Å². The second-order valence-corrected chi connectivity index (χ2v) is 8.38. The van der Waals surface area contributed by atoms with Gasteiger partial charge in [0.15, 0.2) is 5.69 Å². The van der Waals surface area contributed by atoms with Crippen LogP contribution in [-0.4, -0.2) is 46.2 Å². The van der Waals surface area contributed by atoms with Gasteiger partial charge < -0.3 is 15.5 Å². The van der Waals surface area contributed by atoms with Crippen LogP contribution < -0.4 is 15.5 Å². The van der Waals surface area contributed by atoms with Crippen LogP contribution in [0.1, 0.15) is 35.3 Å². The molecule has 0 bridgehead atoms. The number of nitrogens with zero attached hydrogens (tertiary/aromatic N) is 4. The third-order valence-electron chi connectivity index (χ3n) is 5.99. The molecule has 3 aromatic heterocycles. The highest BCUT2D eigenvalue weighted by Gasteiger charge is 2.17. The summed E-state index contributed by atoms with van der Waals surface area (Å²) < 4.78 is 0. The zero-order chi connectivity index (χ0) is 22.6. The largest absolute Gasteiger partial charge is 0.370 e. The molecule has 0 atom stereocenters. The summed E-state index contributed by atoms with van der Waals surface area (Å²) in [5, 5.41) is 14.0. The van der Waals surface area contributed by atoms with Gasteiger partial charge in [-0.2, -0.15) is 5.10 Å². The van der Waals surface area contributed by atoms with Gasteiger partial charge in [-0.25, -0.2) is 0 Å². The van der Waals surface area contributed by atoms with Gasteiger partial charge in [0, 0.05) is 43.0 Å². The fraction of sp³-hybridized carbons (Fsp3) is 0.280. The number of fused-ring (bicyclic) bond motifs is 1. The molecule has 1 aliphatic heterocycles. The summed E-state index contributed by atoms with van der Waals surface area (Å²) in [6, 6.07) is 10.1. The number of H-pyrrole nitrogens is 1. The summed E-state index contributed by atoms with van der Waals surface area (Å²) >= 11 is 0. The van der Waals surface area contributed by atoms with Crippen LogP contribution in [0.5, 0.6) is 0 Å². The lowest BCUT2D eigenvalue weighted by Gasteiger charge is -2.28. The lowest BCUT2D eigenvalue weighted by molar-refractivity contribution is 0.102. The number of hydrogen-bond acceptors (Lipinski definition) is 6. The molecule has 168 valence electrons. The number of aromatic amines is 1. The third-order valence-corrected chi connectivity index (χ3v) is 5.99. The molecule has 1 aliphatic rings. The zero-order valence-corrected chi connectivity index (χ0v) is 18.6. The predicted octanol–water partition coefficient (Wildman–Crippen LogP) is 3.98. The number of nitrogens with one attached hydrogen (secondary N) is 3. The summed E-state index contributed by atoms with van der Waals surface area (Å²) in [4.78, 5) is 24.1. The van der Waals surface area contributed by atoms with Crippen molar-refractivity contribution in [3.05, 3.63) is 66.4 Å². The van der Waals surface area contributed by atoms with Gasteiger partial charge in [-0.1, -0.05) is 6.07 Å². The first kappa shape index (κ1) is 21.1. The SMILES string of the molecule is CNCc1cncc(NC(=O)c2n[nH]c3ccc(-c4cncc(N5CCCCC5)c4)cc23)c1. The van der Waals surface area contributed by atoms with E-state index in [-0.39, 0.29) is 5.91 Å². The van der Waals surface area contributed by atoms with Crippen LogP contribution in [0.15, 0.2) is 55.1 Å². The smallest absolute Gasteiger partial charge is 0.276 e. The van der Waals surface area contributed by atoms with Crippen molar-refractivity contribution in [2.45, 2.75) is 25.8 Å². The van der Waals surface area contributed by atoms with E-state index < -0.39 is 0 Å². The molecule has 1 aromatic carbocycles. The van der Waals surface area contributed by atoms with Crippen molar-refractivity contribution in [3.8, 4) is 11.1 Å². The molecule has 1 saturated heterocycles. The Hall–Kier alpha value is -3.78. The van der Waals surface area contributed by atoms with Crippen molar-refractivity contribution in [1.82, 2.24) is 25.5 Å². The van der Waals surface area contributed by atoms with Crippen LogP contribution >= 0.6 is 0 Å².